The first-order valence-electron chi connectivity index (χ1n) is 10.8. The van der Waals surface area contributed by atoms with E-state index in [0.29, 0.717) is 24.5 Å². The Kier molecular flexibility index (Phi) is 13.7. The molecule has 0 aliphatic rings. The first-order chi connectivity index (χ1) is 13.7. The van der Waals surface area contributed by atoms with Gasteiger partial charge in [-0.05, 0) is 25.0 Å². The minimum absolute atomic E-state index is 0.128. The molecule has 0 spiro atoms. The maximum absolute atomic E-state index is 12.0. The van der Waals surface area contributed by atoms with Gasteiger partial charge in [-0.1, -0.05) is 70.4 Å². The van der Waals surface area contributed by atoms with Crippen molar-refractivity contribution in [1.82, 2.24) is 0 Å². The summed E-state index contributed by atoms with van der Waals surface area (Å²) in [7, 11) is 1.56. The lowest BCUT2D eigenvalue weighted by molar-refractivity contribution is -0.143. The van der Waals surface area contributed by atoms with Crippen molar-refractivity contribution in [1.29, 1.82) is 0 Å². The standard InChI is InChI=1S/C23H37NO4/c1-3-4-5-6-7-8-9-10-13-19-28-23(26)18-14-17-22(25)24-20-15-11-12-16-21(20)27-2/h11-12,15-16H,3-10,13-14,17-19H2,1-2H3,(H,24,25). The molecule has 0 aliphatic carbocycles. The second-order valence-electron chi connectivity index (χ2n) is 7.15. The number of rotatable bonds is 16. The van der Waals surface area contributed by atoms with E-state index in [2.05, 4.69) is 12.2 Å². The molecule has 0 saturated heterocycles. The number of amides is 1. The predicted molar refractivity (Wildman–Crippen MR) is 114 cm³/mol. The summed E-state index contributed by atoms with van der Waals surface area (Å²) in [4.78, 5) is 23.7. The van der Waals surface area contributed by atoms with E-state index < -0.39 is 0 Å². The minimum atomic E-state index is -0.218. The molecule has 0 radical (unpaired) electrons. The largest absolute Gasteiger partial charge is 0.495 e. The Bertz CT molecular complexity index is 559. The SMILES string of the molecule is CCCCCCCCCCCOC(=O)CCCC(=O)Nc1ccccc1OC. The van der Waals surface area contributed by atoms with Crippen molar-refractivity contribution in [3.63, 3.8) is 0 Å². The van der Waals surface area contributed by atoms with Crippen LogP contribution in [0.15, 0.2) is 24.3 Å². The Labute approximate surface area is 170 Å². The first kappa shape index (κ1) is 24.0. The van der Waals surface area contributed by atoms with Crippen LogP contribution in [0.1, 0.15) is 84.0 Å². The van der Waals surface area contributed by atoms with E-state index in [1.807, 2.05) is 12.1 Å². The first-order valence-corrected chi connectivity index (χ1v) is 10.8. The highest BCUT2D eigenvalue weighted by Crippen LogP contribution is 2.23. The third-order valence-electron chi connectivity index (χ3n) is 4.68. The van der Waals surface area contributed by atoms with Crippen molar-refractivity contribution in [3.8, 4) is 5.75 Å². The fourth-order valence-electron chi connectivity index (χ4n) is 3.02. The maximum atomic E-state index is 12.0. The second-order valence-corrected chi connectivity index (χ2v) is 7.15. The molecule has 0 fully saturated rings. The summed E-state index contributed by atoms with van der Waals surface area (Å²) in [6.45, 7) is 2.72. The maximum Gasteiger partial charge on any atom is 0.305 e. The van der Waals surface area contributed by atoms with Gasteiger partial charge in [-0.2, -0.15) is 0 Å². The van der Waals surface area contributed by atoms with Crippen LogP contribution in [0.5, 0.6) is 5.75 Å². The molecule has 0 atom stereocenters. The molecule has 0 aromatic heterocycles. The average Bonchev–Trinajstić information content (AvgIpc) is 2.69. The van der Waals surface area contributed by atoms with Crippen molar-refractivity contribution in [2.45, 2.75) is 84.0 Å². The van der Waals surface area contributed by atoms with Gasteiger partial charge in [-0.3, -0.25) is 9.59 Å². The third-order valence-corrected chi connectivity index (χ3v) is 4.68. The Morgan fingerprint density at radius 1 is 0.857 bits per heavy atom. The van der Waals surface area contributed by atoms with Crippen molar-refractivity contribution in [3.05, 3.63) is 24.3 Å². The molecule has 1 amide bonds. The number of anilines is 1. The van der Waals surface area contributed by atoms with Gasteiger partial charge < -0.3 is 14.8 Å². The Morgan fingerprint density at radius 3 is 2.18 bits per heavy atom. The number of benzene rings is 1. The molecule has 1 rings (SSSR count). The van der Waals surface area contributed by atoms with Crippen LogP contribution in [-0.2, 0) is 14.3 Å². The summed E-state index contributed by atoms with van der Waals surface area (Å²) < 4.78 is 10.4. The van der Waals surface area contributed by atoms with E-state index in [4.69, 9.17) is 9.47 Å². The smallest absolute Gasteiger partial charge is 0.305 e. The monoisotopic (exact) mass is 391 g/mol. The third kappa shape index (κ3) is 11.6. The molecule has 0 saturated carbocycles. The number of methoxy groups -OCH3 is 1. The lowest BCUT2D eigenvalue weighted by Gasteiger charge is -2.09. The number of hydrogen-bond donors (Lipinski definition) is 1. The average molecular weight is 392 g/mol. The number of nitrogens with one attached hydrogen (secondary N) is 1. The van der Waals surface area contributed by atoms with Crippen LogP contribution in [0.25, 0.3) is 0 Å². The van der Waals surface area contributed by atoms with E-state index in [0.717, 1.165) is 12.8 Å². The molecule has 0 heterocycles. The van der Waals surface area contributed by atoms with Crippen LogP contribution < -0.4 is 10.1 Å². The van der Waals surface area contributed by atoms with Crippen LogP contribution in [0.2, 0.25) is 0 Å². The van der Waals surface area contributed by atoms with Crippen molar-refractivity contribution < 1.29 is 19.1 Å². The van der Waals surface area contributed by atoms with E-state index in [1.54, 1.807) is 19.2 Å². The van der Waals surface area contributed by atoms with Gasteiger partial charge in [0.15, 0.2) is 0 Å². The van der Waals surface area contributed by atoms with Crippen LogP contribution in [-0.4, -0.2) is 25.6 Å². The quantitative estimate of drug-likeness (QED) is 0.282. The number of esters is 1. The fourth-order valence-corrected chi connectivity index (χ4v) is 3.02. The molecule has 5 heteroatoms. The molecule has 0 aliphatic heterocycles. The highest BCUT2D eigenvalue weighted by Gasteiger charge is 2.09. The van der Waals surface area contributed by atoms with Crippen molar-refractivity contribution >= 4 is 17.6 Å². The summed E-state index contributed by atoms with van der Waals surface area (Å²) >= 11 is 0. The number of para-hydroxylation sites is 2. The molecule has 28 heavy (non-hydrogen) atoms. The summed E-state index contributed by atoms with van der Waals surface area (Å²) in [5.74, 6) is 0.275. The molecule has 1 N–H and O–H groups in total. The summed E-state index contributed by atoms with van der Waals surface area (Å²) in [6, 6.07) is 7.26. The Balaban J connectivity index is 1.99. The number of hydrogen-bond acceptors (Lipinski definition) is 4. The number of unbranched alkanes of at least 4 members (excludes halogenated alkanes) is 8. The lowest BCUT2D eigenvalue weighted by Crippen LogP contribution is -2.13. The molecule has 0 unspecified atom stereocenters. The molecular weight excluding hydrogens is 354 g/mol. The van der Waals surface area contributed by atoms with Gasteiger partial charge in [-0.25, -0.2) is 0 Å². The fraction of sp³-hybridized carbons (Fsp3) is 0.652. The normalized spacial score (nSPS) is 10.5. The summed E-state index contributed by atoms with van der Waals surface area (Å²) in [5.41, 5.74) is 0.642. The molecule has 158 valence electrons. The predicted octanol–water partition coefficient (Wildman–Crippen LogP) is 5.88. The van der Waals surface area contributed by atoms with Crippen molar-refractivity contribution in [2.75, 3.05) is 19.0 Å². The highest BCUT2D eigenvalue weighted by atomic mass is 16.5. The molecule has 1 aromatic carbocycles. The van der Waals surface area contributed by atoms with Crippen LogP contribution in [0.4, 0.5) is 5.69 Å². The van der Waals surface area contributed by atoms with Gasteiger partial charge >= 0.3 is 5.97 Å². The lowest BCUT2D eigenvalue weighted by atomic mass is 10.1. The minimum Gasteiger partial charge on any atom is -0.495 e. The Hall–Kier alpha value is -2.04. The zero-order valence-corrected chi connectivity index (χ0v) is 17.6. The van der Waals surface area contributed by atoms with E-state index in [9.17, 15) is 9.59 Å². The van der Waals surface area contributed by atoms with Crippen LogP contribution >= 0.6 is 0 Å². The number of carbonyl (C=O) groups excluding carboxylic acids is 2. The van der Waals surface area contributed by atoms with Crippen LogP contribution in [0.3, 0.4) is 0 Å². The summed E-state index contributed by atoms with van der Waals surface area (Å²) in [6.07, 6.45) is 12.2. The zero-order chi connectivity index (χ0) is 20.5. The number of ether oxygens (including phenoxy) is 2. The number of carbonyl (C=O) groups is 2. The van der Waals surface area contributed by atoms with Gasteiger partial charge in [0.25, 0.3) is 0 Å². The molecule has 5 nitrogen and oxygen atoms in total. The Morgan fingerprint density at radius 2 is 1.50 bits per heavy atom. The molecule has 0 bridgehead atoms. The zero-order valence-electron chi connectivity index (χ0n) is 17.6. The van der Waals surface area contributed by atoms with Gasteiger partial charge in [0.05, 0.1) is 19.4 Å². The van der Waals surface area contributed by atoms with E-state index in [1.165, 1.54) is 44.9 Å². The summed E-state index contributed by atoms with van der Waals surface area (Å²) in [5, 5.41) is 2.81. The second kappa shape index (κ2) is 16.0. The molecule has 1 aromatic rings. The van der Waals surface area contributed by atoms with Gasteiger partial charge in [0.1, 0.15) is 5.75 Å². The topological polar surface area (TPSA) is 64.6 Å². The highest BCUT2D eigenvalue weighted by molar-refractivity contribution is 5.92. The molecular formula is C23H37NO4. The van der Waals surface area contributed by atoms with E-state index in [-0.39, 0.29) is 24.7 Å². The van der Waals surface area contributed by atoms with E-state index >= 15 is 0 Å². The van der Waals surface area contributed by atoms with Crippen LogP contribution in [0, 0.1) is 0 Å². The van der Waals surface area contributed by atoms with Crippen molar-refractivity contribution in [2.24, 2.45) is 0 Å². The van der Waals surface area contributed by atoms with Gasteiger partial charge in [0, 0.05) is 12.8 Å². The van der Waals surface area contributed by atoms with Gasteiger partial charge in [-0.15, -0.1) is 0 Å². The van der Waals surface area contributed by atoms with Gasteiger partial charge in [0.2, 0.25) is 5.91 Å².